The summed E-state index contributed by atoms with van der Waals surface area (Å²) in [5, 5.41) is 23.6. The van der Waals surface area contributed by atoms with Gasteiger partial charge in [-0.25, -0.2) is 0 Å². The zero-order valence-electron chi connectivity index (χ0n) is 27.9. The Morgan fingerprint density at radius 1 is 1.11 bits per heavy atom. The second-order valence-electron chi connectivity index (χ2n) is 14.8. The van der Waals surface area contributed by atoms with Crippen LogP contribution in [-0.2, 0) is 23.7 Å². The summed E-state index contributed by atoms with van der Waals surface area (Å²) < 4.78 is 26.1. The molecule has 3 saturated heterocycles. The van der Waals surface area contributed by atoms with Gasteiger partial charge in [0.2, 0.25) is 0 Å². The van der Waals surface area contributed by atoms with Crippen molar-refractivity contribution in [1.29, 1.82) is 0 Å². The van der Waals surface area contributed by atoms with Crippen molar-refractivity contribution in [2.24, 2.45) is 29.6 Å². The predicted molar refractivity (Wildman–Crippen MR) is 170 cm³/mol. The van der Waals surface area contributed by atoms with Crippen molar-refractivity contribution in [3.05, 3.63) is 58.7 Å². The average molecular weight is 611 g/mol. The number of rotatable bonds is 2. The molecule has 5 aliphatic rings. The molecule has 4 heterocycles. The van der Waals surface area contributed by atoms with Crippen LogP contribution in [0.5, 0.6) is 0 Å². The molecule has 1 spiro atoms. The number of carbonyl (C=O) groups is 1. The Bertz CT molecular complexity index is 1240. The number of ether oxygens (including phenoxy) is 4. The van der Waals surface area contributed by atoms with Gasteiger partial charge in [0.05, 0.1) is 31.0 Å². The quantitative estimate of drug-likeness (QED) is 0.278. The van der Waals surface area contributed by atoms with Gasteiger partial charge in [0.1, 0.15) is 17.6 Å². The molecular weight excluding hydrogens is 556 g/mol. The van der Waals surface area contributed by atoms with Gasteiger partial charge in [-0.1, -0.05) is 82.2 Å². The molecule has 1 aliphatic carbocycles. The Labute approximate surface area is 264 Å². The molecule has 4 aliphatic heterocycles. The van der Waals surface area contributed by atoms with Crippen molar-refractivity contribution < 1.29 is 34.0 Å². The van der Waals surface area contributed by atoms with Crippen LogP contribution in [0.1, 0.15) is 87.5 Å². The molecule has 7 heteroatoms. The third-order valence-electron chi connectivity index (χ3n) is 10.5. The Hall–Kier alpha value is -2.03. The van der Waals surface area contributed by atoms with E-state index in [1.54, 1.807) is 0 Å². The van der Waals surface area contributed by atoms with Crippen LogP contribution in [0.2, 0.25) is 0 Å². The van der Waals surface area contributed by atoms with E-state index in [-0.39, 0.29) is 36.6 Å². The van der Waals surface area contributed by atoms with E-state index in [1.165, 1.54) is 5.57 Å². The van der Waals surface area contributed by atoms with E-state index in [9.17, 15) is 15.0 Å². The molecule has 244 valence electrons. The summed E-state index contributed by atoms with van der Waals surface area (Å²) in [5.41, 5.74) is 2.55. The summed E-state index contributed by atoms with van der Waals surface area (Å²) in [6.45, 7) is 17.0. The fourth-order valence-corrected chi connectivity index (χ4v) is 8.09. The highest BCUT2D eigenvalue weighted by atomic mass is 16.7. The first-order valence-electron chi connectivity index (χ1n) is 16.7. The maximum atomic E-state index is 14.1. The van der Waals surface area contributed by atoms with Crippen LogP contribution in [0.25, 0.3) is 0 Å². The van der Waals surface area contributed by atoms with Gasteiger partial charge in [-0.05, 0) is 56.6 Å². The molecule has 44 heavy (non-hydrogen) atoms. The Kier molecular flexibility index (Phi) is 9.85. The van der Waals surface area contributed by atoms with Gasteiger partial charge in [-0.2, -0.15) is 0 Å². The van der Waals surface area contributed by atoms with Gasteiger partial charge in [-0.3, -0.25) is 4.79 Å². The molecule has 0 aromatic rings. The smallest absolute Gasteiger partial charge is 0.316 e. The molecule has 0 amide bonds. The summed E-state index contributed by atoms with van der Waals surface area (Å²) in [6.07, 6.45) is 12.8. The van der Waals surface area contributed by atoms with E-state index < -0.39 is 41.6 Å². The number of hydrogen-bond acceptors (Lipinski definition) is 7. The van der Waals surface area contributed by atoms with Crippen LogP contribution >= 0.6 is 0 Å². The van der Waals surface area contributed by atoms with Crippen LogP contribution in [0.15, 0.2) is 58.7 Å². The first-order valence-corrected chi connectivity index (χ1v) is 16.7. The maximum absolute atomic E-state index is 14.1. The fourth-order valence-electron chi connectivity index (χ4n) is 8.09. The Morgan fingerprint density at radius 2 is 1.86 bits per heavy atom. The van der Waals surface area contributed by atoms with Gasteiger partial charge in [-0.15, -0.1) is 0 Å². The monoisotopic (exact) mass is 610 g/mol. The normalized spacial score (nSPS) is 46.8. The van der Waals surface area contributed by atoms with Gasteiger partial charge < -0.3 is 29.2 Å². The van der Waals surface area contributed by atoms with E-state index in [0.29, 0.717) is 37.2 Å². The molecule has 11 atom stereocenters. The average Bonchev–Trinajstić information content (AvgIpc) is 3.27. The lowest BCUT2D eigenvalue weighted by Crippen LogP contribution is -2.59. The zero-order chi connectivity index (χ0) is 32.0. The number of allylic oxidation sites excluding steroid dienone is 5. The number of aliphatic hydroxyl groups excluding tert-OH is 1. The van der Waals surface area contributed by atoms with Crippen LogP contribution < -0.4 is 0 Å². The summed E-state index contributed by atoms with van der Waals surface area (Å²) >= 11 is 0. The van der Waals surface area contributed by atoms with Gasteiger partial charge in [0, 0.05) is 31.1 Å². The molecule has 1 unspecified atom stereocenters. The standard InChI is InChI=1S/C37H54O7/c1-21(2)14-25(6)33-27(8)32(38)19-36(44-33)18-30-17-29(43-36)13-12-23(4)15-22(3)10-9-11-28-20-41-34-26(7)24(5)16-31(35(39)42-30)37(28,34)40/h9-12,14,16,21-22,26-27,29-34,38,40H,13,15,17-20H2,1-8H3/b10-9+,23-12+,25-14+,28-11+/t22-,26+,27-,29+,30-,31-,32-,33+,34+,36?,37+/m0/s1. The molecule has 5 rings (SSSR count). The molecule has 0 aromatic heterocycles. The number of esters is 1. The van der Waals surface area contributed by atoms with E-state index in [2.05, 4.69) is 52.8 Å². The third kappa shape index (κ3) is 6.59. The van der Waals surface area contributed by atoms with Crippen LogP contribution in [0.3, 0.4) is 0 Å². The number of fused-ring (bicyclic) bond motifs is 2. The van der Waals surface area contributed by atoms with Crippen molar-refractivity contribution in [2.45, 2.75) is 129 Å². The van der Waals surface area contributed by atoms with Crippen molar-refractivity contribution in [3.63, 3.8) is 0 Å². The largest absolute Gasteiger partial charge is 0.462 e. The number of aliphatic hydroxyl groups is 2. The van der Waals surface area contributed by atoms with E-state index >= 15 is 0 Å². The number of carbonyl (C=O) groups excluding carboxylic acids is 1. The minimum Gasteiger partial charge on any atom is -0.462 e. The van der Waals surface area contributed by atoms with Crippen LogP contribution in [0.4, 0.5) is 0 Å². The van der Waals surface area contributed by atoms with Crippen molar-refractivity contribution in [2.75, 3.05) is 6.61 Å². The third-order valence-corrected chi connectivity index (χ3v) is 10.5. The molecule has 0 radical (unpaired) electrons. The molecule has 7 nitrogen and oxygen atoms in total. The molecule has 0 aromatic carbocycles. The summed E-state index contributed by atoms with van der Waals surface area (Å²) in [5.74, 6) is -1.95. The van der Waals surface area contributed by atoms with Crippen LogP contribution in [-0.4, -0.2) is 64.7 Å². The molecular formula is C37H54O7. The minimum absolute atomic E-state index is 0.0369. The van der Waals surface area contributed by atoms with Crippen molar-refractivity contribution in [1.82, 2.24) is 0 Å². The summed E-state index contributed by atoms with van der Waals surface area (Å²) in [7, 11) is 0. The highest BCUT2D eigenvalue weighted by molar-refractivity contribution is 5.78. The Balaban J connectivity index is 1.52. The fraction of sp³-hybridized carbons (Fsp3) is 0.703. The molecule has 0 saturated carbocycles. The zero-order valence-corrected chi connectivity index (χ0v) is 27.9. The van der Waals surface area contributed by atoms with E-state index in [4.69, 9.17) is 18.9 Å². The van der Waals surface area contributed by atoms with Gasteiger partial charge >= 0.3 is 5.97 Å². The first-order chi connectivity index (χ1) is 20.7. The molecule has 2 N–H and O–H groups in total. The summed E-state index contributed by atoms with van der Waals surface area (Å²) in [6, 6.07) is 0. The minimum atomic E-state index is -1.49. The topological polar surface area (TPSA) is 94.5 Å². The van der Waals surface area contributed by atoms with Gasteiger partial charge in [0.25, 0.3) is 0 Å². The van der Waals surface area contributed by atoms with Crippen molar-refractivity contribution >= 4 is 5.97 Å². The highest BCUT2D eigenvalue weighted by Crippen LogP contribution is 2.49. The lowest BCUT2D eigenvalue weighted by atomic mass is 9.68. The predicted octanol–water partition coefficient (Wildman–Crippen LogP) is 6.36. The van der Waals surface area contributed by atoms with Crippen LogP contribution in [0, 0.1) is 29.6 Å². The maximum Gasteiger partial charge on any atom is 0.316 e. The second-order valence-corrected chi connectivity index (χ2v) is 14.8. The lowest BCUT2D eigenvalue weighted by molar-refractivity contribution is -0.342. The number of hydrogen-bond donors (Lipinski definition) is 2. The second kappa shape index (κ2) is 13.0. The van der Waals surface area contributed by atoms with Crippen molar-refractivity contribution in [3.8, 4) is 0 Å². The first kappa shape index (κ1) is 33.3. The SMILES string of the molecule is CC1=C[C@H]2C(=O)O[C@H]3C[C@@H](C/C=C(\C)C[C@@H](C)/C=C/C=C4\CO[C@H]([C@@H]1C)[C@@]42O)OC1(C3)C[C@H](O)[C@H](C)[C@@H](/C(C)=C/C(C)C)O1. The highest BCUT2D eigenvalue weighted by Gasteiger charge is 2.59. The van der Waals surface area contributed by atoms with E-state index in [1.807, 2.05) is 39.0 Å². The van der Waals surface area contributed by atoms with Gasteiger partial charge in [0.15, 0.2) is 5.79 Å². The Morgan fingerprint density at radius 3 is 2.59 bits per heavy atom. The lowest BCUT2D eigenvalue weighted by Gasteiger charge is -2.51. The summed E-state index contributed by atoms with van der Waals surface area (Å²) in [4.78, 5) is 14.1. The molecule has 2 bridgehead atoms. The molecule has 3 fully saturated rings. The van der Waals surface area contributed by atoms with E-state index in [0.717, 1.165) is 17.6 Å².